The van der Waals surface area contributed by atoms with Crippen LogP contribution in [0.1, 0.15) is 12.0 Å². The van der Waals surface area contributed by atoms with Crippen molar-refractivity contribution in [3.63, 3.8) is 0 Å². The molecule has 1 aromatic rings. The van der Waals surface area contributed by atoms with Crippen LogP contribution < -0.4 is 5.32 Å². The van der Waals surface area contributed by atoms with Gasteiger partial charge in [0.1, 0.15) is 18.2 Å². The van der Waals surface area contributed by atoms with Crippen LogP contribution in [0.3, 0.4) is 0 Å². The minimum absolute atomic E-state index is 0.0149. The molecule has 0 atom stereocenters. The van der Waals surface area contributed by atoms with E-state index in [1.807, 2.05) is 0 Å². The lowest BCUT2D eigenvalue weighted by molar-refractivity contribution is -0.173. The van der Waals surface area contributed by atoms with Crippen molar-refractivity contribution in [2.24, 2.45) is 0 Å². The summed E-state index contributed by atoms with van der Waals surface area (Å²) in [5.74, 6) is -1.15. The molecular formula is C12H14F5NO. The highest BCUT2D eigenvalue weighted by molar-refractivity contribution is 5.46. The standard InChI is InChI=1S/C12H14F5NO/c1-8-5-10(14)11(6-9(8)13)18-3-2-4-19-7-12(15,16)17/h5-6,18H,2-4,7H2,1H3. The van der Waals surface area contributed by atoms with Crippen molar-refractivity contribution in [3.05, 3.63) is 29.3 Å². The van der Waals surface area contributed by atoms with Gasteiger partial charge in [-0.3, -0.25) is 0 Å². The van der Waals surface area contributed by atoms with E-state index in [0.717, 1.165) is 12.1 Å². The van der Waals surface area contributed by atoms with Gasteiger partial charge in [-0.15, -0.1) is 0 Å². The van der Waals surface area contributed by atoms with Gasteiger partial charge in [-0.05, 0) is 25.0 Å². The monoisotopic (exact) mass is 283 g/mol. The van der Waals surface area contributed by atoms with Crippen molar-refractivity contribution >= 4 is 5.69 Å². The average Bonchev–Trinajstić information content (AvgIpc) is 2.28. The van der Waals surface area contributed by atoms with Crippen LogP contribution in [0.4, 0.5) is 27.6 Å². The summed E-state index contributed by atoms with van der Waals surface area (Å²) < 4.78 is 66.1. The van der Waals surface area contributed by atoms with E-state index in [-0.39, 0.29) is 30.8 Å². The second kappa shape index (κ2) is 6.70. The normalized spacial score (nSPS) is 11.7. The van der Waals surface area contributed by atoms with Crippen molar-refractivity contribution < 1.29 is 26.7 Å². The van der Waals surface area contributed by atoms with Crippen LogP contribution in [-0.4, -0.2) is 25.9 Å². The van der Waals surface area contributed by atoms with Gasteiger partial charge in [-0.25, -0.2) is 8.78 Å². The average molecular weight is 283 g/mol. The topological polar surface area (TPSA) is 21.3 Å². The second-order valence-electron chi connectivity index (χ2n) is 4.03. The summed E-state index contributed by atoms with van der Waals surface area (Å²) >= 11 is 0. The van der Waals surface area contributed by atoms with Crippen LogP contribution in [0.15, 0.2) is 12.1 Å². The molecule has 1 N–H and O–H groups in total. The van der Waals surface area contributed by atoms with Gasteiger partial charge in [0.15, 0.2) is 0 Å². The van der Waals surface area contributed by atoms with E-state index in [9.17, 15) is 22.0 Å². The lowest BCUT2D eigenvalue weighted by Crippen LogP contribution is -2.18. The van der Waals surface area contributed by atoms with Crippen molar-refractivity contribution in [3.8, 4) is 0 Å². The van der Waals surface area contributed by atoms with Gasteiger partial charge < -0.3 is 10.1 Å². The Balaban J connectivity index is 2.28. The van der Waals surface area contributed by atoms with Gasteiger partial charge in [-0.1, -0.05) is 0 Å². The van der Waals surface area contributed by atoms with Gasteiger partial charge in [0.2, 0.25) is 0 Å². The number of anilines is 1. The lowest BCUT2D eigenvalue weighted by Gasteiger charge is -2.10. The molecule has 0 aromatic heterocycles. The molecular weight excluding hydrogens is 269 g/mol. The number of nitrogens with one attached hydrogen (secondary N) is 1. The van der Waals surface area contributed by atoms with Crippen molar-refractivity contribution in [1.29, 1.82) is 0 Å². The smallest absolute Gasteiger partial charge is 0.383 e. The van der Waals surface area contributed by atoms with Gasteiger partial charge in [0, 0.05) is 19.2 Å². The Bertz CT molecular complexity index is 419. The highest BCUT2D eigenvalue weighted by atomic mass is 19.4. The molecule has 19 heavy (non-hydrogen) atoms. The maximum atomic E-state index is 13.4. The summed E-state index contributed by atoms with van der Waals surface area (Å²) in [7, 11) is 0. The molecule has 1 rings (SSSR count). The Labute approximate surface area is 107 Å². The summed E-state index contributed by atoms with van der Waals surface area (Å²) in [5.41, 5.74) is 0.176. The van der Waals surface area contributed by atoms with Crippen molar-refractivity contribution in [1.82, 2.24) is 0 Å². The Morgan fingerprint density at radius 3 is 2.47 bits per heavy atom. The zero-order valence-electron chi connectivity index (χ0n) is 10.3. The zero-order valence-corrected chi connectivity index (χ0v) is 10.3. The zero-order chi connectivity index (χ0) is 14.5. The van der Waals surface area contributed by atoms with Crippen LogP contribution in [0, 0.1) is 18.6 Å². The van der Waals surface area contributed by atoms with E-state index in [1.165, 1.54) is 6.92 Å². The molecule has 0 aliphatic carbocycles. The van der Waals surface area contributed by atoms with E-state index >= 15 is 0 Å². The fourth-order valence-electron chi connectivity index (χ4n) is 1.37. The first-order valence-electron chi connectivity index (χ1n) is 5.63. The summed E-state index contributed by atoms with van der Waals surface area (Å²) in [5, 5.41) is 2.60. The number of hydrogen-bond acceptors (Lipinski definition) is 2. The van der Waals surface area contributed by atoms with Crippen LogP contribution in [0.5, 0.6) is 0 Å². The molecule has 0 bridgehead atoms. The molecule has 0 aliphatic heterocycles. The maximum Gasteiger partial charge on any atom is 0.411 e. The molecule has 0 aliphatic rings. The summed E-state index contributed by atoms with van der Waals surface area (Å²) in [4.78, 5) is 0. The quantitative estimate of drug-likeness (QED) is 0.635. The largest absolute Gasteiger partial charge is 0.411 e. The summed E-state index contributed by atoms with van der Waals surface area (Å²) in [6.07, 6.45) is -4.09. The van der Waals surface area contributed by atoms with E-state index in [2.05, 4.69) is 10.1 Å². The number of benzene rings is 1. The first-order valence-corrected chi connectivity index (χ1v) is 5.63. The van der Waals surface area contributed by atoms with Crippen LogP contribution >= 0.6 is 0 Å². The molecule has 0 saturated heterocycles. The molecule has 0 spiro atoms. The number of alkyl halides is 3. The molecule has 0 amide bonds. The fraction of sp³-hybridized carbons (Fsp3) is 0.500. The molecule has 0 saturated carbocycles. The summed E-state index contributed by atoms with van der Waals surface area (Å²) in [6.45, 7) is 0.216. The molecule has 0 unspecified atom stereocenters. The number of rotatable bonds is 6. The molecule has 0 heterocycles. The summed E-state index contributed by atoms with van der Waals surface area (Å²) in [6, 6.07) is 2.07. The Morgan fingerprint density at radius 2 is 1.84 bits per heavy atom. The van der Waals surface area contributed by atoms with Crippen LogP contribution in [-0.2, 0) is 4.74 Å². The van der Waals surface area contributed by atoms with Crippen LogP contribution in [0.25, 0.3) is 0 Å². The first-order chi connectivity index (χ1) is 8.79. The third-order valence-corrected chi connectivity index (χ3v) is 2.29. The van der Waals surface area contributed by atoms with E-state index < -0.39 is 24.4 Å². The molecule has 0 radical (unpaired) electrons. The predicted molar refractivity (Wildman–Crippen MR) is 61.1 cm³/mol. The minimum atomic E-state index is -4.35. The SMILES string of the molecule is Cc1cc(F)c(NCCCOCC(F)(F)F)cc1F. The number of ether oxygens (including phenoxy) is 1. The second-order valence-corrected chi connectivity index (χ2v) is 4.03. The van der Waals surface area contributed by atoms with E-state index in [4.69, 9.17) is 0 Å². The molecule has 108 valence electrons. The number of aryl methyl sites for hydroxylation is 1. The molecule has 2 nitrogen and oxygen atoms in total. The highest BCUT2D eigenvalue weighted by Gasteiger charge is 2.27. The van der Waals surface area contributed by atoms with Crippen LogP contribution in [0.2, 0.25) is 0 Å². The first kappa shape index (κ1) is 15.7. The van der Waals surface area contributed by atoms with Gasteiger partial charge in [0.05, 0.1) is 5.69 Å². The van der Waals surface area contributed by atoms with Gasteiger partial charge >= 0.3 is 6.18 Å². The van der Waals surface area contributed by atoms with Gasteiger partial charge in [0.25, 0.3) is 0 Å². The Morgan fingerprint density at radius 1 is 1.16 bits per heavy atom. The Hall–Kier alpha value is -1.37. The predicted octanol–water partition coefficient (Wildman–Crippen LogP) is 3.65. The molecule has 1 aromatic carbocycles. The highest BCUT2D eigenvalue weighted by Crippen LogP contribution is 2.18. The number of hydrogen-bond donors (Lipinski definition) is 1. The minimum Gasteiger partial charge on any atom is -0.383 e. The third kappa shape index (κ3) is 5.87. The number of halogens is 5. The van der Waals surface area contributed by atoms with E-state index in [0.29, 0.717) is 0 Å². The van der Waals surface area contributed by atoms with Crippen molar-refractivity contribution in [2.45, 2.75) is 19.5 Å². The maximum absolute atomic E-state index is 13.4. The molecule has 7 heteroatoms. The Kier molecular flexibility index (Phi) is 5.53. The lowest BCUT2D eigenvalue weighted by atomic mass is 10.2. The fourth-order valence-corrected chi connectivity index (χ4v) is 1.37. The van der Waals surface area contributed by atoms with Gasteiger partial charge in [-0.2, -0.15) is 13.2 Å². The molecule has 0 fully saturated rings. The van der Waals surface area contributed by atoms with E-state index in [1.54, 1.807) is 0 Å². The third-order valence-electron chi connectivity index (χ3n) is 2.29. The van der Waals surface area contributed by atoms with Crippen molar-refractivity contribution in [2.75, 3.05) is 25.1 Å².